The molecule has 0 spiro atoms. The number of halogens is 4. The molecule has 3 aromatic rings. The molecule has 0 radical (unpaired) electrons. The summed E-state index contributed by atoms with van der Waals surface area (Å²) >= 11 is 5.57. The Balaban J connectivity index is 1.88. The van der Waals surface area contributed by atoms with E-state index in [0.717, 1.165) is 6.07 Å². The summed E-state index contributed by atoms with van der Waals surface area (Å²) in [4.78, 5) is 22.7. The van der Waals surface area contributed by atoms with Gasteiger partial charge >= 0.3 is 6.18 Å². The first kappa shape index (κ1) is 22.6. The van der Waals surface area contributed by atoms with E-state index in [1.54, 1.807) is 29.0 Å². The Morgan fingerprint density at radius 2 is 1.88 bits per heavy atom. The molecule has 0 aliphatic rings. The minimum absolute atomic E-state index is 0.101. The molecule has 0 bridgehead atoms. The van der Waals surface area contributed by atoms with Gasteiger partial charge in [-0.3, -0.25) is 14.9 Å². The molecule has 0 unspecified atom stereocenters. The molecular formula is C21H12ClF3N4O3. The van der Waals surface area contributed by atoms with E-state index in [9.17, 15) is 33.3 Å². The number of non-ortho nitro benzene ring substituents is 1. The van der Waals surface area contributed by atoms with Crippen molar-refractivity contribution in [3.63, 3.8) is 0 Å². The van der Waals surface area contributed by atoms with Crippen molar-refractivity contribution in [3.8, 4) is 11.8 Å². The number of carbonyl (C=O) groups excluding carboxylic acids is 1. The normalized spacial score (nSPS) is 11.7. The average molecular weight is 461 g/mol. The Morgan fingerprint density at radius 1 is 1.19 bits per heavy atom. The molecule has 0 atom stereocenters. The van der Waals surface area contributed by atoms with Crippen LogP contribution in [0.3, 0.4) is 0 Å². The third-order valence-corrected chi connectivity index (χ3v) is 4.64. The molecule has 2 aromatic carbocycles. The fourth-order valence-electron chi connectivity index (χ4n) is 2.80. The van der Waals surface area contributed by atoms with Gasteiger partial charge < -0.3 is 9.88 Å². The van der Waals surface area contributed by atoms with E-state index in [1.807, 2.05) is 0 Å². The summed E-state index contributed by atoms with van der Waals surface area (Å²) < 4.78 is 40.6. The number of nitrogens with zero attached hydrogens (tertiary/aromatic N) is 3. The number of benzene rings is 2. The first-order valence-corrected chi connectivity index (χ1v) is 9.20. The van der Waals surface area contributed by atoms with E-state index < -0.39 is 27.6 Å². The molecule has 1 heterocycles. The number of aromatic nitrogens is 1. The number of nitro benzene ring substituents is 1. The van der Waals surface area contributed by atoms with Gasteiger partial charge in [-0.2, -0.15) is 18.4 Å². The largest absolute Gasteiger partial charge is 0.417 e. The van der Waals surface area contributed by atoms with Crippen LogP contribution in [0.5, 0.6) is 0 Å². The summed E-state index contributed by atoms with van der Waals surface area (Å²) in [6.45, 7) is 0. The summed E-state index contributed by atoms with van der Waals surface area (Å²) in [7, 11) is 0. The number of nitrogens with one attached hydrogen (secondary N) is 1. The van der Waals surface area contributed by atoms with Crippen molar-refractivity contribution in [2.24, 2.45) is 0 Å². The van der Waals surface area contributed by atoms with Gasteiger partial charge in [0.1, 0.15) is 11.6 Å². The predicted octanol–water partition coefficient (Wildman–Crippen LogP) is 5.60. The average Bonchev–Trinajstić information content (AvgIpc) is 3.20. The Morgan fingerprint density at radius 3 is 2.47 bits per heavy atom. The van der Waals surface area contributed by atoms with Crippen molar-refractivity contribution in [2.45, 2.75) is 6.18 Å². The van der Waals surface area contributed by atoms with Gasteiger partial charge in [-0.1, -0.05) is 11.6 Å². The third kappa shape index (κ3) is 4.96. The number of hydrogen-bond donors (Lipinski definition) is 1. The highest BCUT2D eigenvalue weighted by atomic mass is 35.5. The van der Waals surface area contributed by atoms with Crippen molar-refractivity contribution in [1.29, 1.82) is 5.26 Å². The molecule has 1 amide bonds. The molecule has 7 nitrogen and oxygen atoms in total. The summed E-state index contributed by atoms with van der Waals surface area (Å²) in [6.07, 6.45) is -1.84. The third-order valence-electron chi connectivity index (χ3n) is 4.31. The Hall–Kier alpha value is -4.10. The maximum absolute atomic E-state index is 13.0. The second-order valence-electron chi connectivity index (χ2n) is 6.39. The van der Waals surface area contributed by atoms with Crippen LogP contribution in [0.2, 0.25) is 5.02 Å². The van der Waals surface area contributed by atoms with E-state index in [1.165, 1.54) is 36.4 Å². The molecule has 0 fully saturated rings. The highest BCUT2D eigenvalue weighted by molar-refractivity contribution is 6.31. The lowest BCUT2D eigenvalue weighted by Gasteiger charge is -2.12. The summed E-state index contributed by atoms with van der Waals surface area (Å²) in [6, 6.07) is 13.4. The van der Waals surface area contributed by atoms with E-state index in [-0.39, 0.29) is 16.9 Å². The van der Waals surface area contributed by atoms with Crippen LogP contribution in [0.4, 0.5) is 24.5 Å². The molecule has 32 heavy (non-hydrogen) atoms. The van der Waals surface area contributed by atoms with Gasteiger partial charge in [0, 0.05) is 35.4 Å². The van der Waals surface area contributed by atoms with Crippen LogP contribution in [0.15, 0.2) is 66.4 Å². The van der Waals surface area contributed by atoms with Gasteiger partial charge in [0.25, 0.3) is 11.6 Å². The Bertz CT molecular complexity index is 1260. The van der Waals surface area contributed by atoms with E-state index in [0.29, 0.717) is 17.4 Å². The van der Waals surface area contributed by atoms with Gasteiger partial charge in [-0.25, -0.2) is 0 Å². The minimum atomic E-state index is -4.71. The van der Waals surface area contributed by atoms with E-state index >= 15 is 0 Å². The molecule has 3 rings (SSSR count). The van der Waals surface area contributed by atoms with Crippen LogP contribution in [0, 0.1) is 21.4 Å². The van der Waals surface area contributed by atoms with Crippen LogP contribution < -0.4 is 5.32 Å². The van der Waals surface area contributed by atoms with Crippen molar-refractivity contribution >= 4 is 35.0 Å². The summed E-state index contributed by atoms with van der Waals surface area (Å²) in [5.41, 5.74) is -0.827. The number of hydrogen-bond acceptors (Lipinski definition) is 4. The highest BCUT2D eigenvalue weighted by Crippen LogP contribution is 2.36. The number of carbonyl (C=O) groups is 1. The first-order valence-electron chi connectivity index (χ1n) is 8.82. The van der Waals surface area contributed by atoms with Crippen molar-refractivity contribution in [2.75, 3.05) is 5.32 Å². The lowest BCUT2D eigenvalue weighted by atomic mass is 10.1. The van der Waals surface area contributed by atoms with Crippen LogP contribution in [-0.2, 0) is 11.0 Å². The van der Waals surface area contributed by atoms with Crippen molar-refractivity contribution in [1.82, 2.24) is 4.57 Å². The number of nitro groups is 1. The van der Waals surface area contributed by atoms with Gasteiger partial charge in [0.15, 0.2) is 0 Å². The predicted molar refractivity (Wildman–Crippen MR) is 111 cm³/mol. The smallest absolute Gasteiger partial charge is 0.321 e. The zero-order valence-electron chi connectivity index (χ0n) is 15.9. The quantitative estimate of drug-likeness (QED) is 0.231. The first-order chi connectivity index (χ1) is 15.1. The zero-order valence-corrected chi connectivity index (χ0v) is 16.7. The van der Waals surface area contributed by atoms with Crippen LogP contribution in [-0.4, -0.2) is 15.4 Å². The highest BCUT2D eigenvalue weighted by Gasteiger charge is 2.33. The summed E-state index contributed by atoms with van der Waals surface area (Å²) in [5.74, 6) is -0.917. The van der Waals surface area contributed by atoms with E-state index in [4.69, 9.17) is 11.6 Å². The fraction of sp³-hybridized carbons (Fsp3) is 0.0476. The minimum Gasteiger partial charge on any atom is -0.321 e. The van der Waals surface area contributed by atoms with Crippen LogP contribution in [0.1, 0.15) is 11.3 Å². The maximum Gasteiger partial charge on any atom is 0.417 e. The molecule has 0 aliphatic carbocycles. The van der Waals surface area contributed by atoms with Gasteiger partial charge in [0.05, 0.1) is 15.5 Å². The number of anilines is 1. The van der Waals surface area contributed by atoms with Crippen molar-refractivity contribution < 1.29 is 22.9 Å². The van der Waals surface area contributed by atoms with Crippen LogP contribution >= 0.6 is 11.6 Å². The van der Waals surface area contributed by atoms with Crippen LogP contribution in [0.25, 0.3) is 11.8 Å². The SMILES string of the molecule is N#C/C(=C\c1cccn1-c1ccc([N+](=O)[O-])cc1)C(=O)Nc1ccc(Cl)c(C(F)(F)F)c1. The summed E-state index contributed by atoms with van der Waals surface area (Å²) in [5, 5.41) is 21.9. The lowest BCUT2D eigenvalue weighted by Crippen LogP contribution is -2.15. The lowest BCUT2D eigenvalue weighted by molar-refractivity contribution is -0.384. The van der Waals surface area contributed by atoms with Gasteiger partial charge in [0.2, 0.25) is 0 Å². The topological polar surface area (TPSA) is 101 Å². The maximum atomic E-state index is 13.0. The molecule has 1 aromatic heterocycles. The number of rotatable bonds is 5. The zero-order chi connectivity index (χ0) is 23.5. The molecule has 162 valence electrons. The number of amides is 1. The Kier molecular flexibility index (Phi) is 6.32. The second-order valence-corrected chi connectivity index (χ2v) is 6.80. The monoisotopic (exact) mass is 460 g/mol. The van der Waals surface area contributed by atoms with Gasteiger partial charge in [-0.05, 0) is 48.5 Å². The van der Waals surface area contributed by atoms with Crippen molar-refractivity contribution in [3.05, 3.63) is 92.8 Å². The van der Waals surface area contributed by atoms with E-state index in [2.05, 4.69) is 5.32 Å². The molecule has 11 heteroatoms. The Labute approximate surface area is 184 Å². The molecule has 0 aliphatic heterocycles. The molecular weight excluding hydrogens is 449 g/mol. The standard InChI is InChI=1S/C21H12ClF3N4O3/c22-19-8-3-14(11-18(19)21(23,24)25)27-20(30)13(12-26)10-17-2-1-9-28(17)15-4-6-16(7-5-15)29(31)32/h1-11H,(H,27,30)/b13-10+. The number of nitriles is 1. The molecule has 0 saturated carbocycles. The molecule has 0 saturated heterocycles. The molecule has 1 N–H and O–H groups in total. The number of alkyl halides is 3. The van der Waals surface area contributed by atoms with Gasteiger partial charge in [-0.15, -0.1) is 0 Å². The second kappa shape index (κ2) is 8.95. The fourth-order valence-corrected chi connectivity index (χ4v) is 3.02.